The van der Waals surface area contributed by atoms with E-state index in [0.717, 1.165) is 36.5 Å². The van der Waals surface area contributed by atoms with E-state index in [1.807, 2.05) is 35.1 Å². The van der Waals surface area contributed by atoms with Gasteiger partial charge in [-0.25, -0.2) is 9.50 Å². The molecule has 0 amide bonds. The standard InChI is InChI=1S/C21H24N4O/c1-2-6-17(7-3-1)18-13-23-25-15-16(12-22-21(18)25)14-24-10-11-26-20-9-5-4-8-19(20)24/h1-3,6-7,12-13,15,19-20H,4-5,8-11,14H2/t19-,20-/m1/s1. The van der Waals surface area contributed by atoms with Crippen LogP contribution in [-0.4, -0.2) is 44.8 Å². The lowest BCUT2D eigenvalue weighted by Gasteiger charge is -2.43. The minimum atomic E-state index is 0.420. The van der Waals surface area contributed by atoms with Gasteiger partial charge in [-0.15, -0.1) is 0 Å². The van der Waals surface area contributed by atoms with Crippen molar-refractivity contribution in [3.63, 3.8) is 0 Å². The average molecular weight is 348 g/mol. The smallest absolute Gasteiger partial charge is 0.162 e. The first-order valence-corrected chi connectivity index (χ1v) is 9.62. The Balaban J connectivity index is 1.40. The second kappa shape index (κ2) is 6.82. The maximum atomic E-state index is 6.00. The van der Waals surface area contributed by atoms with Gasteiger partial charge in [0, 0.05) is 42.7 Å². The highest BCUT2D eigenvalue weighted by Gasteiger charge is 2.34. The van der Waals surface area contributed by atoms with Crippen LogP contribution in [0.4, 0.5) is 0 Å². The summed E-state index contributed by atoms with van der Waals surface area (Å²) in [5, 5.41) is 4.54. The Hall–Kier alpha value is -2.24. The van der Waals surface area contributed by atoms with E-state index in [4.69, 9.17) is 9.72 Å². The van der Waals surface area contributed by atoms with Gasteiger partial charge in [-0.2, -0.15) is 5.10 Å². The van der Waals surface area contributed by atoms with Crippen molar-refractivity contribution in [1.82, 2.24) is 19.5 Å². The van der Waals surface area contributed by atoms with Gasteiger partial charge in [0.15, 0.2) is 5.65 Å². The van der Waals surface area contributed by atoms with Crippen molar-refractivity contribution < 1.29 is 4.74 Å². The topological polar surface area (TPSA) is 42.7 Å². The molecule has 5 nitrogen and oxygen atoms in total. The zero-order valence-corrected chi connectivity index (χ0v) is 14.9. The zero-order valence-electron chi connectivity index (χ0n) is 14.9. The fraction of sp³-hybridized carbons (Fsp3) is 0.429. The van der Waals surface area contributed by atoms with Gasteiger partial charge in [0.05, 0.1) is 18.9 Å². The monoisotopic (exact) mass is 348 g/mol. The molecular formula is C21H24N4O. The second-order valence-corrected chi connectivity index (χ2v) is 7.39. The van der Waals surface area contributed by atoms with E-state index < -0.39 is 0 Å². The third kappa shape index (κ3) is 2.91. The second-order valence-electron chi connectivity index (χ2n) is 7.39. The minimum Gasteiger partial charge on any atom is -0.375 e. The van der Waals surface area contributed by atoms with Crippen LogP contribution < -0.4 is 0 Å². The van der Waals surface area contributed by atoms with Crippen LogP contribution in [0.25, 0.3) is 16.8 Å². The van der Waals surface area contributed by atoms with Crippen LogP contribution in [0.3, 0.4) is 0 Å². The fourth-order valence-electron chi connectivity index (χ4n) is 4.42. The van der Waals surface area contributed by atoms with Gasteiger partial charge in [-0.05, 0) is 18.4 Å². The Morgan fingerprint density at radius 3 is 2.88 bits per heavy atom. The number of hydrogen-bond donors (Lipinski definition) is 0. The van der Waals surface area contributed by atoms with Gasteiger partial charge in [0.1, 0.15) is 0 Å². The lowest BCUT2D eigenvalue weighted by atomic mass is 9.90. The molecule has 2 aliphatic rings. The summed E-state index contributed by atoms with van der Waals surface area (Å²) in [4.78, 5) is 7.31. The normalized spacial score (nSPS) is 23.8. The van der Waals surface area contributed by atoms with Crippen molar-refractivity contribution in [2.45, 2.75) is 44.4 Å². The van der Waals surface area contributed by atoms with Crippen molar-refractivity contribution in [1.29, 1.82) is 0 Å². The number of aromatic nitrogens is 3. The van der Waals surface area contributed by atoms with Crippen LogP contribution in [0, 0.1) is 0 Å². The minimum absolute atomic E-state index is 0.420. The molecule has 2 atom stereocenters. The Bertz CT molecular complexity index is 889. The molecule has 0 bridgehead atoms. The van der Waals surface area contributed by atoms with Crippen molar-refractivity contribution in [2.75, 3.05) is 13.2 Å². The highest BCUT2D eigenvalue weighted by Crippen LogP contribution is 2.29. The third-order valence-electron chi connectivity index (χ3n) is 5.73. The maximum absolute atomic E-state index is 6.00. The van der Waals surface area contributed by atoms with Gasteiger partial charge in [0.25, 0.3) is 0 Å². The first kappa shape index (κ1) is 16.0. The van der Waals surface area contributed by atoms with Gasteiger partial charge in [0.2, 0.25) is 0 Å². The van der Waals surface area contributed by atoms with Crippen molar-refractivity contribution >= 4 is 5.65 Å². The number of benzene rings is 1. The summed E-state index contributed by atoms with van der Waals surface area (Å²) < 4.78 is 7.91. The molecule has 5 rings (SSSR count). The molecule has 1 saturated carbocycles. The molecule has 0 radical (unpaired) electrons. The molecular weight excluding hydrogens is 324 g/mol. The predicted molar refractivity (Wildman–Crippen MR) is 101 cm³/mol. The molecule has 2 fully saturated rings. The molecule has 5 heteroatoms. The van der Waals surface area contributed by atoms with Gasteiger partial charge >= 0.3 is 0 Å². The molecule has 26 heavy (non-hydrogen) atoms. The molecule has 1 aromatic carbocycles. The fourth-order valence-corrected chi connectivity index (χ4v) is 4.42. The molecule has 0 spiro atoms. The third-order valence-corrected chi connectivity index (χ3v) is 5.73. The average Bonchev–Trinajstić information content (AvgIpc) is 3.12. The Morgan fingerprint density at radius 2 is 1.96 bits per heavy atom. The Labute approximate surface area is 153 Å². The van der Waals surface area contributed by atoms with E-state index in [0.29, 0.717) is 12.1 Å². The predicted octanol–water partition coefficient (Wildman–Crippen LogP) is 3.54. The number of fused-ring (bicyclic) bond motifs is 2. The summed E-state index contributed by atoms with van der Waals surface area (Å²) in [5.41, 5.74) is 4.36. The molecule has 2 aromatic heterocycles. The SMILES string of the molecule is c1ccc(-c2cnn3cc(CN4CCO[C@@H]5CCCC[C@H]54)cnc23)cc1. The van der Waals surface area contributed by atoms with Crippen LogP contribution in [-0.2, 0) is 11.3 Å². The van der Waals surface area contributed by atoms with Crippen LogP contribution >= 0.6 is 0 Å². The van der Waals surface area contributed by atoms with E-state index in [1.54, 1.807) is 0 Å². The molecule has 1 aliphatic carbocycles. The lowest BCUT2D eigenvalue weighted by molar-refractivity contribution is -0.0911. The van der Waals surface area contributed by atoms with E-state index in [2.05, 4.69) is 28.3 Å². The number of morpholine rings is 1. The summed E-state index contributed by atoms with van der Waals surface area (Å²) in [6.45, 7) is 2.78. The molecule has 0 unspecified atom stereocenters. The largest absolute Gasteiger partial charge is 0.375 e. The molecule has 1 saturated heterocycles. The zero-order chi connectivity index (χ0) is 17.3. The van der Waals surface area contributed by atoms with Gasteiger partial charge in [-0.1, -0.05) is 43.2 Å². The van der Waals surface area contributed by atoms with Crippen molar-refractivity contribution in [3.8, 4) is 11.1 Å². The summed E-state index contributed by atoms with van der Waals surface area (Å²) in [7, 11) is 0. The first-order valence-electron chi connectivity index (χ1n) is 9.62. The van der Waals surface area contributed by atoms with E-state index in [-0.39, 0.29) is 0 Å². The quantitative estimate of drug-likeness (QED) is 0.726. The first-order chi connectivity index (χ1) is 12.9. The summed E-state index contributed by atoms with van der Waals surface area (Å²) in [5.74, 6) is 0. The Kier molecular flexibility index (Phi) is 4.19. The lowest BCUT2D eigenvalue weighted by Crippen LogP contribution is -2.52. The highest BCUT2D eigenvalue weighted by atomic mass is 16.5. The van der Waals surface area contributed by atoms with Crippen LogP contribution in [0.5, 0.6) is 0 Å². The Morgan fingerprint density at radius 1 is 1.08 bits per heavy atom. The number of nitrogens with zero attached hydrogens (tertiary/aromatic N) is 4. The number of ether oxygens (including phenoxy) is 1. The summed E-state index contributed by atoms with van der Waals surface area (Å²) in [6.07, 6.45) is 11.5. The van der Waals surface area contributed by atoms with Gasteiger partial charge in [-0.3, -0.25) is 4.90 Å². The molecule has 0 N–H and O–H groups in total. The number of rotatable bonds is 3. The van der Waals surface area contributed by atoms with Crippen LogP contribution in [0.15, 0.2) is 48.9 Å². The van der Waals surface area contributed by atoms with Gasteiger partial charge < -0.3 is 4.74 Å². The number of hydrogen-bond acceptors (Lipinski definition) is 4. The molecule has 134 valence electrons. The maximum Gasteiger partial charge on any atom is 0.162 e. The van der Waals surface area contributed by atoms with Crippen molar-refractivity contribution in [3.05, 3.63) is 54.5 Å². The highest BCUT2D eigenvalue weighted by molar-refractivity contribution is 5.76. The van der Waals surface area contributed by atoms with E-state index in [9.17, 15) is 0 Å². The van der Waals surface area contributed by atoms with Crippen LogP contribution in [0.1, 0.15) is 31.2 Å². The molecule has 1 aliphatic heterocycles. The van der Waals surface area contributed by atoms with Crippen molar-refractivity contribution in [2.24, 2.45) is 0 Å². The molecule has 3 heterocycles. The van der Waals surface area contributed by atoms with Crippen LogP contribution in [0.2, 0.25) is 0 Å². The van der Waals surface area contributed by atoms with E-state index in [1.165, 1.54) is 31.2 Å². The summed E-state index contributed by atoms with van der Waals surface area (Å²) in [6, 6.07) is 10.9. The summed E-state index contributed by atoms with van der Waals surface area (Å²) >= 11 is 0. The van der Waals surface area contributed by atoms with E-state index >= 15 is 0 Å². The molecule has 3 aromatic rings.